The summed E-state index contributed by atoms with van der Waals surface area (Å²) in [4.78, 5) is 39.7. The van der Waals surface area contributed by atoms with Gasteiger partial charge in [0.05, 0.1) is 6.42 Å². The zero-order valence-corrected chi connectivity index (χ0v) is 19.3. The van der Waals surface area contributed by atoms with Crippen molar-refractivity contribution in [2.24, 2.45) is 0 Å². The Balaban J connectivity index is 1.45. The summed E-state index contributed by atoms with van der Waals surface area (Å²) < 4.78 is 16.7. The molecule has 0 aromatic heterocycles. The van der Waals surface area contributed by atoms with E-state index in [9.17, 15) is 14.4 Å². The number of hydrogen-bond donors (Lipinski definition) is 0. The lowest BCUT2D eigenvalue weighted by molar-refractivity contribution is -0.146. The van der Waals surface area contributed by atoms with Crippen LogP contribution in [-0.2, 0) is 16.0 Å². The highest BCUT2D eigenvalue weighted by molar-refractivity contribution is 6.10. The van der Waals surface area contributed by atoms with E-state index in [0.29, 0.717) is 39.3 Å². The first kappa shape index (κ1) is 23.1. The van der Waals surface area contributed by atoms with E-state index < -0.39 is 12.1 Å². The standard InChI is InChI=1S/C30H22O6/c31-27(36-30(22-14-8-3-9-15-22)29(33)21-12-6-2-7-13-21)17-23-16-25-26(35-19-34-25)18-24(23)28(32)20-10-4-1-5-11-20/h1-16,18,30H,17,19H2. The summed E-state index contributed by atoms with van der Waals surface area (Å²) in [5.74, 6) is -0.345. The lowest BCUT2D eigenvalue weighted by Crippen LogP contribution is -2.22. The second-order valence-electron chi connectivity index (χ2n) is 8.25. The number of ether oxygens (including phenoxy) is 3. The van der Waals surface area contributed by atoms with Crippen molar-refractivity contribution < 1.29 is 28.6 Å². The van der Waals surface area contributed by atoms with Crippen LogP contribution in [0.15, 0.2) is 103 Å². The van der Waals surface area contributed by atoms with Gasteiger partial charge < -0.3 is 14.2 Å². The van der Waals surface area contributed by atoms with Crippen LogP contribution in [0.25, 0.3) is 0 Å². The third-order valence-corrected chi connectivity index (χ3v) is 5.86. The molecule has 6 nitrogen and oxygen atoms in total. The molecule has 6 heteroatoms. The van der Waals surface area contributed by atoms with Gasteiger partial charge in [-0.2, -0.15) is 0 Å². The monoisotopic (exact) mass is 478 g/mol. The first-order valence-electron chi connectivity index (χ1n) is 11.5. The summed E-state index contributed by atoms with van der Waals surface area (Å²) in [5, 5.41) is 0. The molecule has 0 fully saturated rings. The van der Waals surface area contributed by atoms with E-state index in [0.717, 1.165) is 0 Å². The predicted molar refractivity (Wildman–Crippen MR) is 132 cm³/mol. The molecule has 0 saturated carbocycles. The molecule has 0 radical (unpaired) electrons. The molecule has 0 aliphatic carbocycles. The fraction of sp³-hybridized carbons (Fsp3) is 0.100. The van der Waals surface area contributed by atoms with Crippen LogP contribution in [0.3, 0.4) is 0 Å². The smallest absolute Gasteiger partial charge is 0.311 e. The zero-order valence-electron chi connectivity index (χ0n) is 19.3. The highest BCUT2D eigenvalue weighted by atomic mass is 16.7. The fourth-order valence-corrected chi connectivity index (χ4v) is 4.07. The number of benzene rings is 4. The van der Waals surface area contributed by atoms with Crippen molar-refractivity contribution >= 4 is 17.5 Å². The molecule has 0 N–H and O–H groups in total. The van der Waals surface area contributed by atoms with Crippen LogP contribution in [0.4, 0.5) is 0 Å². The van der Waals surface area contributed by atoms with Crippen molar-refractivity contribution in [2.45, 2.75) is 12.5 Å². The van der Waals surface area contributed by atoms with Crippen LogP contribution < -0.4 is 9.47 Å². The minimum atomic E-state index is -1.12. The van der Waals surface area contributed by atoms with Crippen LogP contribution in [0, 0.1) is 0 Å². The number of fused-ring (bicyclic) bond motifs is 1. The molecule has 4 aromatic carbocycles. The van der Waals surface area contributed by atoms with E-state index >= 15 is 0 Å². The summed E-state index contributed by atoms with van der Waals surface area (Å²) in [5.41, 5.74) is 2.21. The number of ketones is 2. The molecule has 1 atom stereocenters. The number of esters is 1. The first-order chi connectivity index (χ1) is 17.6. The van der Waals surface area contributed by atoms with Gasteiger partial charge in [-0.3, -0.25) is 14.4 Å². The Bertz CT molecular complexity index is 1400. The van der Waals surface area contributed by atoms with Gasteiger partial charge in [0.2, 0.25) is 12.6 Å². The number of rotatable bonds is 8. The van der Waals surface area contributed by atoms with Crippen molar-refractivity contribution in [3.05, 3.63) is 131 Å². The largest absolute Gasteiger partial charge is 0.454 e. The molecule has 1 unspecified atom stereocenters. The van der Waals surface area contributed by atoms with Crippen molar-refractivity contribution in [1.82, 2.24) is 0 Å². The highest BCUT2D eigenvalue weighted by Gasteiger charge is 2.28. The molecule has 0 spiro atoms. The first-order valence-corrected chi connectivity index (χ1v) is 11.5. The Labute approximate surface area is 208 Å². The van der Waals surface area contributed by atoms with Crippen molar-refractivity contribution in [1.29, 1.82) is 0 Å². The second-order valence-corrected chi connectivity index (χ2v) is 8.25. The zero-order chi connectivity index (χ0) is 24.9. The molecule has 1 heterocycles. The fourth-order valence-electron chi connectivity index (χ4n) is 4.07. The SMILES string of the molecule is O=C(Cc1cc2c(cc1C(=O)c1ccccc1)OCO2)OC(C(=O)c1ccccc1)c1ccccc1. The van der Waals surface area contributed by atoms with Gasteiger partial charge >= 0.3 is 5.97 Å². The van der Waals surface area contributed by atoms with Crippen LogP contribution in [0.1, 0.15) is 43.5 Å². The Morgan fingerprint density at radius 3 is 1.92 bits per heavy atom. The van der Waals surface area contributed by atoms with Gasteiger partial charge in [-0.05, 0) is 17.7 Å². The van der Waals surface area contributed by atoms with Crippen LogP contribution in [0.5, 0.6) is 11.5 Å². The van der Waals surface area contributed by atoms with Gasteiger partial charge in [0.15, 0.2) is 23.4 Å². The lowest BCUT2D eigenvalue weighted by atomic mass is 9.95. The van der Waals surface area contributed by atoms with Gasteiger partial charge in [0, 0.05) is 22.3 Å². The molecule has 1 aliphatic rings. The molecule has 1 aliphatic heterocycles. The van der Waals surface area contributed by atoms with E-state index in [1.54, 1.807) is 84.9 Å². The molecule has 0 bridgehead atoms. The third-order valence-electron chi connectivity index (χ3n) is 5.86. The van der Waals surface area contributed by atoms with Gasteiger partial charge in [0.25, 0.3) is 0 Å². The normalized spacial score (nSPS) is 12.6. The molecule has 4 aromatic rings. The molecule has 178 valence electrons. The Kier molecular flexibility index (Phi) is 6.58. The minimum absolute atomic E-state index is 0.0316. The maximum absolute atomic E-state index is 13.3. The summed E-state index contributed by atoms with van der Waals surface area (Å²) >= 11 is 0. The topological polar surface area (TPSA) is 78.9 Å². The molecular formula is C30H22O6. The van der Waals surface area contributed by atoms with E-state index in [-0.39, 0.29) is 24.8 Å². The molecule has 0 amide bonds. The molecule has 36 heavy (non-hydrogen) atoms. The summed E-state index contributed by atoms with van der Waals surface area (Å²) in [7, 11) is 0. The average Bonchev–Trinajstić information content (AvgIpc) is 3.39. The third kappa shape index (κ3) is 4.88. The van der Waals surface area contributed by atoms with Gasteiger partial charge in [-0.15, -0.1) is 0 Å². The van der Waals surface area contributed by atoms with Crippen LogP contribution >= 0.6 is 0 Å². The Hall–Kier alpha value is -4.71. The second kappa shape index (κ2) is 10.3. The van der Waals surface area contributed by atoms with Crippen LogP contribution in [-0.4, -0.2) is 24.3 Å². The van der Waals surface area contributed by atoms with E-state index in [1.165, 1.54) is 0 Å². The number of Topliss-reactive ketones (excluding diaryl/α,β-unsaturated/α-hetero) is 1. The maximum Gasteiger partial charge on any atom is 0.311 e. The Morgan fingerprint density at radius 1 is 0.722 bits per heavy atom. The summed E-state index contributed by atoms with van der Waals surface area (Å²) in [6.07, 6.45) is -1.35. The summed E-state index contributed by atoms with van der Waals surface area (Å²) in [6.45, 7) is 0.0316. The minimum Gasteiger partial charge on any atom is -0.454 e. The van der Waals surface area contributed by atoms with Crippen molar-refractivity contribution in [3.8, 4) is 11.5 Å². The molecule has 0 saturated heterocycles. The molecular weight excluding hydrogens is 456 g/mol. The lowest BCUT2D eigenvalue weighted by Gasteiger charge is -2.18. The highest BCUT2D eigenvalue weighted by Crippen LogP contribution is 2.36. The Morgan fingerprint density at radius 2 is 1.28 bits per heavy atom. The van der Waals surface area contributed by atoms with Crippen molar-refractivity contribution in [2.75, 3.05) is 6.79 Å². The van der Waals surface area contributed by atoms with Crippen molar-refractivity contribution in [3.63, 3.8) is 0 Å². The van der Waals surface area contributed by atoms with Gasteiger partial charge in [-0.1, -0.05) is 91.0 Å². The number of carbonyl (C=O) groups excluding carboxylic acids is 3. The number of carbonyl (C=O) groups is 3. The molecule has 5 rings (SSSR count). The average molecular weight is 479 g/mol. The van der Waals surface area contributed by atoms with Gasteiger partial charge in [-0.25, -0.2) is 0 Å². The van der Waals surface area contributed by atoms with Gasteiger partial charge in [0.1, 0.15) is 0 Å². The van der Waals surface area contributed by atoms with E-state index in [1.807, 2.05) is 18.2 Å². The summed E-state index contributed by atoms with van der Waals surface area (Å²) in [6, 6.07) is 29.5. The van der Waals surface area contributed by atoms with E-state index in [4.69, 9.17) is 14.2 Å². The van der Waals surface area contributed by atoms with E-state index in [2.05, 4.69) is 0 Å². The predicted octanol–water partition coefficient (Wildman–Crippen LogP) is 5.36. The quantitative estimate of drug-likeness (QED) is 0.251. The van der Waals surface area contributed by atoms with Crippen LogP contribution in [0.2, 0.25) is 0 Å². The maximum atomic E-state index is 13.3. The number of hydrogen-bond acceptors (Lipinski definition) is 6.